The van der Waals surface area contributed by atoms with Gasteiger partial charge in [0.25, 0.3) is 0 Å². The van der Waals surface area contributed by atoms with Gasteiger partial charge in [0.05, 0.1) is 6.04 Å². The minimum Gasteiger partial charge on any atom is -0.341 e. The van der Waals surface area contributed by atoms with Gasteiger partial charge in [-0.1, -0.05) is 29.8 Å². The van der Waals surface area contributed by atoms with E-state index < -0.39 is 0 Å². The number of amides is 3. The monoisotopic (exact) mass is 398 g/mol. The fourth-order valence-corrected chi connectivity index (χ4v) is 5.24. The van der Waals surface area contributed by atoms with E-state index in [1.165, 1.54) is 5.56 Å². The van der Waals surface area contributed by atoms with E-state index in [2.05, 4.69) is 48.5 Å². The molecular formula is C23H34N4O2. The summed E-state index contributed by atoms with van der Waals surface area (Å²) in [6.45, 7) is 6.99. The number of piperidine rings is 1. The van der Waals surface area contributed by atoms with Crippen LogP contribution in [0.1, 0.15) is 43.2 Å². The molecule has 4 rings (SSSR count). The minimum absolute atomic E-state index is 0.0232. The van der Waals surface area contributed by atoms with E-state index in [0.717, 1.165) is 70.4 Å². The first-order valence-electron chi connectivity index (χ1n) is 11.0. The number of hydrogen-bond donors (Lipinski definition) is 1. The average Bonchev–Trinajstić information content (AvgIpc) is 3.36. The normalized spacial score (nSPS) is 24.3. The second-order valence-electron chi connectivity index (χ2n) is 9.30. The molecule has 158 valence electrons. The van der Waals surface area contributed by atoms with Gasteiger partial charge < -0.3 is 15.1 Å². The second-order valence-corrected chi connectivity index (χ2v) is 9.30. The van der Waals surface area contributed by atoms with Crippen molar-refractivity contribution in [1.82, 2.24) is 20.0 Å². The predicted molar refractivity (Wildman–Crippen MR) is 114 cm³/mol. The van der Waals surface area contributed by atoms with E-state index >= 15 is 0 Å². The SMILES string of the molecule is Cc1ccc(CNC(=O)N2CCC3(CC2)CC(C(=O)N2CCCC2)N(C)C3)cc1. The molecule has 0 bridgehead atoms. The van der Waals surface area contributed by atoms with Crippen LogP contribution >= 0.6 is 0 Å². The topological polar surface area (TPSA) is 55.9 Å². The van der Waals surface area contributed by atoms with Crippen LogP contribution in [0.4, 0.5) is 4.79 Å². The summed E-state index contributed by atoms with van der Waals surface area (Å²) in [7, 11) is 2.09. The lowest BCUT2D eigenvalue weighted by atomic mass is 9.76. The number of likely N-dealkylation sites (tertiary alicyclic amines) is 3. The van der Waals surface area contributed by atoms with E-state index in [9.17, 15) is 9.59 Å². The number of nitrogens with zero attached hydrogens (tertiary/aromatic N) is 3. The molecule has 1 spiro atoms. The van der Waals surface area contributed by atoms with Crippen LogP contribution in [-0.2, 0) is 11.3 Å². The van der Waals surface area contributed by atoms with Crippen LogP contribution in [0.3, 0.4) is 0 Å². The summed E-state index contributed by atoms with van der Waals surface area (Å²) in [6, 6.07) is 8.32. The highest BCUT2D eigenvalue weighted by Gasteiger charge is 2.48. The molecule has 1 N–H and O–H groups in total. The van der Waals surface area contributed by atoms with Crippen molar-refractivity contribution >= 4 is 11.9 Å². The molecule has 0 saturated carbocycles. The highest BCUT2D eigenvalue weighted by molar-refractivity contribution is 5.82. The van der Waals surface area contributed by atoms with Crippen LogP contribution in [0.25, 0.3) is 0 Å². The summed E-state index contributed by atoms with van der Waals surface area (Å²) >= 11 is 0. The molecule has 3 amide bonds. The summed E-state index contributed by atoms with van der Waals surface area (Å²) in [5.74, 6) is 0.320. The molecule has 0 aliphatic carbocycles. The molecule has 3 aliphatic rings. The number of aryl methyl sites for hydroxylation is 1. The third kappa shape index (κ3) is 4.42. The summed E-state index contributed by atoms with van der Waals surface area (Å²) in [6.07, 6.45) is 5.19. The summed E-state index contributed by atoms with van der Waals surface area (Å²) in [5, 5.41) is 3.06. The van der Waals surface area contributed by atoms with Gasteiger partial charge in [-0.15, -0.1) is 0 Å². The van der Waals surface area contributed by atoms with Crippen molar-refractivity contribution in [3.8, 4) is 0 Å². The average molecular weight is 399 g/mol. The number of urea groups is 1. The molecule has 0 aromatic heterocycles. The van der Waals surface area contributed by atoms with Crippen LogP contribution < -0.4 is 5.32 Å². The fourth-order valence-electron chi connectivity index (χ4n) is 5.24. The lowest BCUT2D eigenvalue weighted by Gasteiger charge is -2.39. The third-order valence-electron chi connectivity index (χ3n) is 7.12. The Kier molecular flexibility index (Phi) is 5.81. The van der Waals surface area contributed by atoms with Crippen LogP contribution in [-0.4, -0.2) is 72.5 Å². The van der Waals surface area contributed by atoms with Crippen molar-refractivity contribution < 1.29 is 9.59 Å². The molecule has 3 aliphatic heterocycles. The highest BCUT2D eigenvalue weighted by atomic mass is 16.2. The smallest absolute Gasteiger partial charge is 0.317 e. The van der Waals surface area contributed by atoms with Crippen LogP contribution in [0, 0.1) is 12.3 Å². The van der Waals surface area contributed by atoms with Gasteiger partial charge in [-0.05, 0) is 57.1 Å². The molecule has 29 heavy (non-hydrogen) atoms. The molecule has 1 aromatic carbocycles. The van der Waals surface area contributed by atoms with Crippen molar-refractivity contribution in [2.75, 3.05) is 39.8 Å². The van der Waals surface area contributed by atoms with E-state index in [4.69, 9.17) is 0 Å². The lowest BCUT2D eigenvalue weighted by Crippen LogP contribution is -2.47. The van der Waals surface area contributed by atoms with Gasteiger partial charge in [0.2, 0.25) is 5.91 Å². The number of rotatable bonds is 3. The number of carbonyl (C=O) groups excluding carboxylic acids is 2. The Labute approximate surface area is 174 Å². The molecule has 1 atom stereocenters. The zero-order valence-corrected chi connectivity index (χ0v) is 17.8. The second kappa shape index (κ2) is 8.34. The Morgan fingerprint density at radius 1 is 1.03 bits per heavy atom. The maximum absolute atomic E-state index is 12.9. The maximum Gasteiger partial charge on any atom is 0.317 e. The van der Waals surface area contributed by atoms with Crippen LogP contribution in [0.15, 0.2) is 24.3 Å². The maximum atomic E-state index is 12.9. The van der Waals surface area contributed by atoms with Gasteiger partial charge in [-0.2, -0.15) is 0 Å². The van der Waals surface area contributed by atoms with E-state index in [1.54, 1.807) is 0 Å². The number of hydrogen-bond acceptors (Lipinski definition) is 3. The molecule has 1 aromatic rings. The van der Waals surface area contributed by atoms with E-state index in [-0.39, 0.29) is 17.5 Å². The largest absolute Gasteiger partial charge is 0.341 e. The predicted octanol–water partition coefficient (Wildman–Crippen LogP) is 2.61. The van der Waals surface area contributed by atoms with Gasteiger partial charge in [0.15, 0.2) is 0 Å². The van der Waals surface area contributed by atoms with Gasteiger partial charge in [-0.3, -0.25) is 9.69 Å². The fraction of sp³-hybridized carbons (Fsp3) is 0.652. The molecule has 1 unspecified atom stereocenters. The summed E-state index contributed by atoms with van der Waals surface area (Å²) < 4.78 is 0. The molecule has 3 heterocycles. The first-order chi connectivity index (χ1) is 14.0. The molecule has 3 fully saturated rings. The van der Waals surface area contributed by atoms with Gasteiger partial charge >= 0.3 is 6.03 Å². The van der Waals surface area contributed by atoms with Crippen molar-refractivity contribution in [3.05, 3.63) is 35.4 Å². The Morgan fingerprint density at radius 2 is 1.69 bits per heavy atom. The van der Waals surface area contributed by atoms with Gasteiger partial charge in [-0.25, -0.2) is 4.79 Å². The zero-order chi connectivity index (χ0) is 20.4. The third-order valence-corrected chi connectivity index (χ3v) is 7.12. The molecule has 3 saturated heterocycles. The number of benzene rings is 1. The Balaban J connectivity index is 1.27. The van der Waals surface area contributed by atoms with Gasteiger partial charge in [0.1, 0.15) is 0 Å². The van der Waals surface area contributed by atoms with Crippen molar-refractivity contribution in [2.24, 2.45) is 5.41 Å². The standard InChI is InChI=1S/C23H34N4O2/c1-18-5-7-19(8-6-18)16-24-22(29)27-13-9-23(10-14-27)15-20(25(2)17-23)21(28)26-11-3-4-12-26/h5-8,20H,3-4,9-17H2,1-2H3,(H,24,29). The highest BCUT2D eigenvalue weighted by Crippen LogP contribution is 2.43. The van der Waals surface area contributed by atoms with Crippen molar-refractivity contribution in [2.45, 2.75) is 51.6 Å². The first kappa shape index (κ1) is 20.2. The Morgan fingerprint density at radius 3 is 2.34 bits per heavy atom. The van der Waals surface area contributed by atoms with Crippen molar-refractivity contribution in [1.29, 1.82) is 0 Å². The van der Waals surface area contributed by atoms with Crippen LogP contribution in [0.2, 0.25) is 0 Å². The number of likely N-dealkylation sites (N-methyl/N-ethyl adjacent to an activating group) is 1. The van der Waals surface area contributed by atoms with E-state index in [0.29, 0.717) is 12.5 Å². The number of carbonyl (C=O) groups is 2. The summed E-state index contributed by atoms with van der Waals surface area (Å²) in [5.41, 5.74) is 2.53. The molecular weight excluding hydrogens is 364 g/mol. The molecule has 6 nitrogen and oxygen atoms in total. The zero-order valence-electron chi connectivity index (χ0n) is 17.8. The molecule has 0 radical (unpaired) electrons. The first-order valence-corrected chi connectivity index (χ1v) is 11.0. The Bertz CT molecular complexity index is 734. The van der Waals surface area contributed by atoms with Crippen molar-refractivity contribution in [3.63, 3.8) is 0 Å². The van der Waals surface area contributed by atoms with Crippen LogP contribution in [0.5, 0.6) is 0 Å². The lowest BCUT2D eigenvalue weighted by molar-refractivity contribution is -0.134. The van der Waals surface area contributed by atoms with Gasteiger partial charge in [0, 0.05) is 39.3 Å². The Hall–Kier alpha value is -2.08. The van der Waals surface area contributed by atoms with E-state index in [1.807, 2.05) is 9.80 Å². The quantitative estimate of drug-likeness (QED) is 0.852. The summed E-state index contributed by atoms with van der Waals surface area (Å²) in [4.78, 5) is 31.8. The number of nitrogens with one attached hydrogen (secondary N) is 1. The minimum atomic E-state index is 0.0232. The molecule has 6 heteroatoms.